The van der Waals surface area contributed by atoms with Crippen molar-refractivity contribution >= 4 is 16.6 Å². The van der Waals surface area contributed by atoms with E-state index in [0.717, 1.165) is 19.1 Å². The molecular weight excluding hydrogens is 426 g/mol. The molecule has 0 amide bonds. The van der Waals surface area contributed by atoms with Crippen LogP contribution >= 0.6 is 0 Å². The van der Waals surface area contributed by atoms with E-state index in [-0.39, 0.29) is 23.6 Å². The number of fused-ring (bicyclic) bond motifs is 1. The molecule has 0 aliphatic heterocycles. The highest BCUT2D eigenvalue weighted by Crippen LogP contribution is 2.48. The van der Waals surface area contributed by atoms with Gasteiger partial charge in [-0.15, -0.1) is 0 Å². The molecule has 3 heterocycles. The molecule has 4 rings (SSSR count). The molecule has 0 fully saturated rings. The number of halogens is 4. The molecule has 6 nitrogen and oxygen atoms in total. The zero-order valence-electron chi connectivity index (χ0n) is 17.1. The quantitative estimate of drug-likeness (QED) is 0.439. The summed E-state index contributed by atoms with van der Waals surface area (Å²) in [5.74, 6) is -0.740. The van der Waals surface area contributed by atoms with Gasteiger partial charge in [-0.2, -0.15) is 22.8 Å². The first-order valence-corrected chi connectivity index (χ1v) is 9.55. The Labute approximate surface area is 180 Å². The number of nitriles is 1. The fraction of sp³-hybridized carbons (Fsp3) is 0.273. The van der Waals surface area contributed by atoms with Crippen molar-refractivity contribution in [1.82, 2.24) is 19.5 Å². The Morgan fingerprint density at radius 3 is 2.75 bits per heavy atom. The first kappa shape index (κ1) is 21.6. The third-order valence-corrected chi connectivity index (χ3v) is 5.44. The van der Waals surface area contributed by atoms with Gasteiger partial charge >= 0.3 is 6.18 Å². The number of ether oxygens (including phenoxy) is 1. The summed E-state index contributed by atoms with van der Waals surface area (Å²) >= 11 is 0. The van der Waals surface area contributed by atoms with Crippen molar-refractivity contribution in [1.29, 1.82) is 5.26 Å². The Kier molecular flexibility index (Phi) is 5.30. The van der Waals surface area contributed by atoms with Crippen molar-refractivity contribution in [2.45, 2.75) is 25.8 Å². The van der Waals surface area contributed by atoms with Gasteiger partial charge in [0.1, 0.15) is 17.0 Å². The summed E-state index contributed by atoms with van der Waals surface area (Å²) < 4.78 is 62.9. The number of hydrogen-bond acceptors (Lipinski definition) is 5. The molecule has 164 valence electrons. The summed E-state index contributed by atoms with van der Waals surface area (Å²) in [7, 11) is 1.72. The highest BCUT2D eigenvalue weighted by Gasteiger charge is 2.55. The second-order valence-electron chi connectivity index (χ2n) is 7.65. The van der Waals surface area contributed by atoms with E-state index >= 15 is 0 Å². The Morgan fingerprint density at radius 1 is 1.28 bits per heavy atom. The fourth-order valence-corrected chi connectivity index (χ4v) is 3.55. The molecule has 0 radical (unpaired) electrons. The summed E-state index contributed by atoms with van der Waals surface area (Å²) in [6.07, 6.45) is 0.575. The number of pyridine rings is 2. The molecule has 0 bridgehead atoms. The lowest BCUT2D eigenvalue weighted by Gasteiger charge is -2.37. The second-order valence-corrected chi connectivity index (χ2v) is 7.65. The van der Waals surface area contributed by atoms with Crippen LogP contribution in [0, 0.1) is 22.7 Å². The van der Waals surface area contributed by atoms with E-state index in [2.05, 4.69) is 15.0 Å². The highest BCUT2D eigenvalue weighted by molar-refractivity contribution is 5.85. The van der Waals surface area contributed by atoms with Crippen LogP contribution in [0.5, 0.6) is 0 Å². The van der Waals surface area contributed by atoms with Crippen LogP contribution < -0.4 is 0 Å². The molecule has 10 heteroatoms. The summed E-state index contributed by atoms with van der Waals surface area (Å²) in [6, 6.07) is 6.12. The minimum absolute atomic E-state index is 0.0270. The van der Waals surface area contributed by atoms with Crippen LogP contribution in [0.15, 0.2) is 49.0 Å². The van der Waals surface area contributed by atoms with Crippen LogP contribution in [-0.2, 0) is 18.4 Å². The van der Waals surface area contributed by atoms with Crippen LogP contribution in [0.1, 0.15) is 23.9 Å². The smallest absolute Gasteiger partial charge is 0.368 e. The first-order chi connectivity index (χ1) is 15.1. The number of alkyl halides is 3. The summed E-state index contributed by atoms with van der Waals surface area (Å²) in [5.41, 5.74) is -0.598. The Hall–Kier alpha value is -3.58. The average molecular weight is 443 g/mol. The van der Waals surface area contributed by atoms with Gasteiger partial charge in [0, 0.05) is 13.2 Å². The van der Waals surface area contributed by atoms with Crippen molar-refractivity contribution in [3.63, 3.8) is 0 Å². The number of nitrogens with zero attached hydrogens (tertiary/aromatic N) is 5. The lowest BCUT2D eigenvalue weighted by atomic mass is 9.77. The predicted molar refractivity (Wildman–Crippen MR) is 107 cm³/mol. The van der Waals surface area contributed by atoms with Crippen molar-refractivity contribution in [2.24, 2.45) is 12.5 Å². The van der Waals surface area contributed by atoms with Crippen molar-refractivity contribution in [3.8, 4) is 6.07 Å². The summed E-state index contributed by atoms with van der Waals surface area (Å²) in [5, 5.41) is 9.41. The van der Waals surface area contributed by atoms with Crippen LogP contribution in [-0.4, -0.2) is 31.8 Å². The van der Waals surface area contributed by atoms with Gasteiger partial charge in [0.05, 0.1) is 30.2 Å². The van der Waals surface area contributed by atoms with Gasteiger partial charge in [-0.3, -0.25) is 0 Å². The third kappa shape index (κ3) is 3.76. The zero-order valence-corrected chi connectivity index (χ0v) is 17.1. The largest absolute Gasteiger partial charge is 0.400 e. The van der Waals surface area contributed by atoms with Crippen LogP contribution in [0.3, 0.4) is 0 Å². The Bertz CT molecular complexity index is 1290. The van der Waals surface area contributed by atoms with Crippen LogP contribution in [0.25, 0.3) is 16.6 Å². The van der Waals surface area contributed by atoms with Crippen molar-refractivity contribution < 1.29 is 22.3 Å². The predicted octanol–water partition coefficient (Wildman–Crippen LogP) is 4.48. The molecule has 3 aromatic heterocycles. The number of aryl methyl sites for hydroxylation is 1. The average Bonchev–Trinajstić information content (AvgIpc) is 3.12. The highest BCUT2D eigenvalue weighted by atomic mass is 19.4. The van der Waals surface area contributed by atoms with E-state index in [1.807, 2.05) is 6.07 Å². The molecular formula is C22H17F4N5O. The van der Waals surface area contributed by atoms with Gasteiger partial charge in [0.2, 0.25) is 5.95 Å². The molecule has 0 aromatic carbocycles. The minimum Gasteiger partial charge on any atom is -0.368 e. The number of imidazole rings is 1. The molecule has 0 saturated carbocycles. The molecule has 2 atom stereocenters. The van der Waals surface area contributed by atoms with Crippen molar-refractivity contribution in [3.05, 3.63) is 71.9 Å². The van der Waals surface area contributed by atoms with E-state index in [1.165, 1.54) is 30.7 Å². The molecule has 3 aromatic rings. The van der Waals surface area contributed by atoms with Crippen molar-refractivity contribution in [2.75, 3.05) is 0 Å². The number of allylic oxidation sites excluding steroid dienone is 2. The zero-order chi connectivity index (χ0) is 23.1. The molecule has 0 spiro atoms. The monoisotopic (exact) mass is 443 g/mol. The maximum absolute atomic E-state index is 14.2. The lowest BCUT2D eigenvalue weighted by molar-refractivity contribution is -0.230. The topological polar surface area (TPSA) is 76.6 Å². The number of rotatable bonds is 4. The molecule has 1 aliphatic rings. The van der Waals surface area contributed by atoms with E-state index in [4.69, 9.17) is 4.74 Å². The molecule has 0 N–H and O–H groups in total. The maximum Gasteiger partial charge on any atom is 0.400 e. The normalized spacial score (nSPS) is 20.9. The molecule has 1 aliphatic carbocycles. The molecule has 32 heavy (non-hydrogen) atoms. The number of hydrogen-bond donors (Lipinski definition) is 0. The summed E-state index contributed by atoms with van der Waals surface area (Å²) in [6.45, 7) is 0.809. The summed E-state index contributed by atoms with van der Waals surface area (Å²) in [4.78, 5) is 11.8. The number of aromatic nitrogens is 4. The lowest BCUT2D eigenvalue weighted by Crippen LogP contribution is -2.45. The molecule has 2 unspecified atom stereocenters. The maximum atomic E-state index is 14.2. The second kappa shape index (κ2) is 7.84. The van der Waals surface area contributed by atoms with E-state index in [0.29, 0.717) is 16.6 Å². The van der Waals surface area contributed by atoms with Gasteiger partial charge in [-0.25, -0.2) is 15.0 Å². The first-order valence-electron chi connectivity index (χ1n) is 9.55. The van der Waals surface area contributed by atoms with Gasteiger partial charge in [0.15, 0.2) is 5.69 Å². The van der Waals surface area contributed by atoms with Crippen LogP contribution in [0.2, 0.25) is 0 Å². The van der Waals surface area contributed by atoms with Gasteiger partial charge in [-0.1, -0.05) is 18.2 Å². The van der Waals surface area contributed by atoms with Gasteiger partial charge in [0.25, 0.3) is 0 Å². The van der Waals surface area contributed by atoms with E-state index in [1.54, 1.807) is 17.7 Å². The third-order valence-electron chi connectivity index (χ3n) is 5.44. The standard InChI is InChI=1S/C22H17F4N5O/c1-21(22(24,25)26)9-14(3-4-18(21)32-11-13-5-6-28-19(23)7-13)15-8-17-20(16(10-27)30-15)29-12-31(17)2/h3-9,12,18H,11H2,1-2H3. The van der Waals surface area contributed by atoms with E-state index < -0.39 is 23.6 Å². The Morgan fingerprint density at radius 2 is 2.06 bits per heavy atom. The SMILES string of the molecule is Cn1cnc2c(C#N)nc(C3=CC(C)(C(F)(F)F)C(OCc4ccnc(F)c4)C=C3)cc21. The van der Waals surface area contributed by atoms with Gasteiger partial charge < -0.3 is 9.30 Å². The molecule has 0 saturated heterocycles. The fourth-order valence-electron chi connectivity index (χ4n) is 3.55. The Balaban J connectivity index is 1.71. The minimum atomic E-state index is -4.65. The van der Waals surface area contributed by atoms with E-state index in [9.17, 15) is 22.8 Å². The van der Waals surface area contributed by atoms with Gasteiger partial charge in [-0.05, 0) is 36.3 Å². The van der Waals surface area contributed by atoms with Crippen LogP contribution in [0.4, 0.5) is 17.6 Å².